The van der Waals surface area contributed by atoms with E-state index in [1.165, 1.54) is 11.1 Å². The Morgan fingerprint density at radius 1 is 1.06 bits per heavy atom. The number of carbonyl (C=O) groups excluding carboxylic acids is 1. The van der Waals surface area contributed by atoms with E-state index < -0.39 is 0 Å². The first kappa shape index (κ1) is 21.6. The summed E-state index contributed by atoms with van der Waals surface area (Å²) in [5, 5.41) is 7.79. The van der Waals surface area contributed by atoms with Crippen LogP contribution in [0.1, 0.15) is 54.2 Å². The molecule has 5 rings (SSSR count). The second-order valence-corrected chi connectivity index (χ2v) is 9.15. The van der Waals surface area contributed by atoms with Gasteiger partial charge in [0, 0.05) is 37.6 Å². The predicted molar refractivity (Wildman–Crippen MR) is 128 cm³/mol. The van der Waals surface area contributed by atoms with E-state index in [4.69, 9.17) is 9.84 Å². The number of nitrogens with one attached hydrogen (secondary N) is 1. The summed E-state index contributed by atoms with van der Waals surface area (Å²) in [6, 6.07) is 12.6. The van der Waals surface area contributed by atoms with Crippen LogP contribution in [-0.4, -0.2) is 46.4 Å². The van der Waals surface area contributed by atoms with Gasteiger partial charge in [0.15, 0.2) is 0 Å². The molecule has 3 aromatic rings. The summed E-state index contributed by atoms with van der Waals surface area (Å²) in [5.41, 5.74) is 6.00. The molecule has 1 amide bonds. The highest BCUT2D eigenvalue weighted by atomic mass is 16.5. The van der Waals surface area contributed by atoms with Gasteiger partial charge in [-0.2, -0.15) is 5.10 Å². The van der Waals surface area contributed by atoms with Gasteiger partial charge >= 0.3 is 0 Å². The van der Waals surface area contributed by atoms with Crippen molar-refractivity contribution in [1.82, 2.24) is 20.1 Å². The summed E-state index contributed by atoms with van der Waals surface area (Å²) in [4.78, 5) is 19.2. The molecule has 1 saturated heterocycles. The van der Waals surface area contributed by atoms with Crippen molar-refractivity contribution in [2.45, 2.75) is 51.9 Å². The minimum Gasteiger partial charge on any atom is -0.373 e. The first-order chi connectivity index (χ1) is 16.1. The SMILES string of the molecule is CC(C)c1ccc(COC2CCN(c3c(-c4ccncc4)nn4c3C(=O)NCC4)CC2)cc1. The van der Waals surface area contributed by atoms with E-state index in [2.05, 4.69) is 53.3 Å². The standard InChI is InChI=1S/C26H31N5O2/c1-18(2)20-5-3-19(4-6-20)17-33-22-9-14-30(15-10-22)24-23(21-7-11-27-12-8-21)29-31-16-13-28-26(32)25(24)31/h3-8,11-12,18,22H,9-10,13-17H2,1-2H3,(H,28,32). The highest BCUT2D eigenvalue weighted by molar-refractivity contribution is 6.02. The molecule has 1 fully saturated rings. The molecule has 1 N–H and O–H groups in total. The molecule has 7 heteroatoms. The van der Waals surface area contributed by atoms with Crippen LogP contribution in [0.15, 0.2) is 48.8 Å². The van der Waals surface area contributed by atoms with Gasteiger partial charge in [-0.1, -0.05) is 38.1 Å². The number of anilines is 1. The van der Waals surface area contributed by atoms with Gasteiger partial charge in [-0.15, -0.1) is 0 Å². The average Bonchev–Trinajstić information content (AvgIpc) is 3.25. The lowest BCUT2D eigenvalue weighted by Gasteiger charge is -2.34. The molecule has 172 valence electrons. The van der Waals surface area contributed by atoms with Gasteiger partial charge in [-0.25, -0.2) is 0 Å². The number of aromatic nitrogens is 3. The van der Waals surface area contributed by atoms with Gasteiger partial charge in [0.05, 0.1) is 24.9 Å². The van der Waals surface area contributed by atoms with Crippen molar-refractivity contribution in [2.24, 2.45) is 0 Å². The topological polar surface area (TPSA) is 72.3 Å². The Morgan fingerprint density at radius 3 is 2.48 bits per heavy atom. The van der Waals surface area contributed by atoms with Crippen LogP contribution in [0.25, 0.3) is 11.3 Å². The Hall–Kier alpha value is -3.19. The first-order valence-electron chi connectivity index (χ1n) is 11.8. The number of hydrogen-bond acceptors (Lipinski definition) is 5. The molecule has 0 bridgehead atoms. The minimum absolute atomic E-state index is 0.0488. The predicted octanol–water partition coefficient (Wildman–Crippen LogP) is 4.00. The van der Waals surface area contributed by atoms with E-state index in [0.717, 1.165) is 42.9 Å². The third-order valence-corrected chi connectivity index (χ3v) is 6.60. The molecule has 1 aromatic carbocycles. The number of fused-ring (bicyclic) bond motifs is 1. The van der Waals surface area contributed by atoms with E-state index in [-0.39, 0.29) is 12.0 Å². The van der Waals surface area contributed by atoms with Gasteiger partial charge in [0.25, 0.3) is 5.91 Å². The van der Waals surface area contributed by atoms with Crippen molar-refractivity contribution in [1.29, 1.82) is 0 Å². The molecule has 2 aliphatic heterocycles. The Labute approximate surface area is 194 Å². The quantitative estimate of drug-likeness (QED) is 0.621. The third kappa shape index (κ3) is 4.50. The fourth-order valence-electron chi connectivity index (χ4n) is 4.66. The lowest BCUT2D eigenvalue weighted by Crippen LogP contribution is -2.40. The largest absolute Gasteiger partial charge is 0.373 e. The maximum absolute atomic E-state index is 12.7. The number of pyridine rings is 1. The van der Waals surface area contributed by atoms with Crippen molar-refractivity contribution in [3.8, 4) is 11.3 Å². The second kappa shape index (κ2) is 9.35. The van der Waals surface area contributed by atoms with Crippen LogP contribution in [0.5, 0.6) is 0 Å². The zero-order valence-corrected chi connectivity index (χ0v) is 19.3. The van der Waals surface area contributed by atoms with E-state index >= 15 is 0 Å². The molecule has 33 heavy (non-hydrogen) atoms. The zero-order chi connectivity index (χ0) is 22.8. The molecule has 4 heterocycles. The van der Waals surface area contributed by atoms with E-state index in [9.17, 15) is 4.79 Å². The Bertz CT molecular complexity index is 1100. The normalized spacial score (nSPS) is 16.7. The summed E-state index contributed by atoms with van der Waals surface area (Å²) in [6.07, 6.45) is 5.60. The molecular formula is C26H31N5O2. The molecule has 0 spiro atoms. The number of hydrogen-bond donors (Lipinski definition) is 1. The monoisotopic (exact) mass is 445 g/mol. The van der Waals surface area contributed by atoms with Crippen molar-refractivity contribution in [2.75, 3.05) is 24.5 Å². The van der Waals surface area contributed by atoms with Crippen LogP contribution >= 0.6 is 0 Å². The Balaban J connectivity index is 1.29. The Morgan fingerprint density at radius 2 is 1.79 bits per heavy atom. The molecule has 0 saturated carbocycles. The van der Waals surface area contributed by atoms with Crippen molar-refractivity contribution >= 4 is 11.6 Å². The van der Waals surface area contributed by atoms with Gasteiger partial charge in [-0.3, -0.25) is 14.5 Å². The molecule has 0 radical (unpaired) electrons. The summed E-state index contributed by atoms with van der Waals surface area (Å²) in [6.45, 7) is 8.02. The summed E-state index contributed by atoms with van der Waals surface area (Å²) >= 11 is 0. The number of nitrogens with zero attached hydrogens (tertiary/aromatic N) is 4. The molecule has 7 nitrogen and oxygen atoms in total. The molecular weight excluding hydrogens is 414 g/mol. The lowest BCUT2D eigenvalue weighted by atomic mass is 10.0. The lowest BCUT2D eigenvalue weighted by molar-refractivity contribution is 0.0251. The highest BCUT2D eigenvalue weighted by Crippen LogP contribution is 2.36. The first-order valence-corrected chi connectivity index (χ1v) is 11.8. The fraction of sp³-hybridized carbons (Fsp3) is 0.423. The van der Waals surface area contributed by atoms with Crippen LogP contribution in [-0.2, 0) is 17.9 Å². The van der Waals surface area contributed by atoms with Crippen LogP contribution in [0.3, 0.4) is 0 Å². The van der Waals surface area contributed by atoms with E-state index in [1.54, 1.807) is 12.4 Å². The number of amides is 1. The summed E-state index contributed by atoms with van der Waals surface area (Å²) in [7, 11) is 0. The summed E-state index contributed by atoms with van der Waals surface area (Å²) < 4.78 is 8.10. The molecule has 0 aliphatic carbocycles. The highest BCUT2D eigenvalue weighted by Gasteiger charge is 2.32. The third-order valence-electron chi connectivity index (χ3n) is 6.60. The van der Waals surface area contributed by atoms with Crippen LogP contribution < -0.4 is 10.2 Å². The maximum Gasteiger partial charge on any atom is 0.271 e. The number of ether oxygens (including phenoxy) is 1. The van der Waals surface area contributed by atoms with Gasteiger partial charge in [0.1, 0.15) is 11.4 Å². The zero-order valence-electron chi connectivity index (χ0n) is 19.3. The van der Waals surface area contributed by atoms with Crippen molar-refractivity contribution in [3.05, 3.63) is 65.6 Å². The molecule has 0 atom stereocenters. The number of rotatable bonds is 6. The van der Waals surface area contributed by atoms with Crippen molar-refractivity contribution in [3.63, 3.8) is 0 Å². The van der Waals surface area contributed by atoms with Gasteiger partial charge in [-0.05, 0) is 42.0 Å². The molecule has 2 aliphatic rings. The van der Waals surface area contributed by atoms with E-state index in [1.807, 2.05) is 16.8 Å². The summed E-state index contributed by atoms with van der Waals surface area (Å²) in [5.74, 6) is 0.491. The van der Waals surface area contributed by atoms with E-state index in [0.29, 0.717) is 31.3 Å². The average molecular weight is 446 g/mol. The van der Waals surface area contributed by atoms with Crippen molar-refractivity contribution < 1.29 is 9.53 Å². The van der Waals surface area contributed by atoms with Crippen LogP contribution in [0.2, 0.25) is 0 Å². The van der Waals surface area contributed by atoms with Gasteiger partial charge in [0.2, 0.25) is 0 Å². The van der Waals surface area contributed by atoms with Crippen LogP contribution in [0, 0.1) is 0 Å². The maximum atomic E-state index is 12.7. The molecule has 0 unspecified atom stereocenters. The fourth-order valence-corrected chi connectivity index (χ4v) is 4.66. The second-order valence-electron chi connectivity index (χ2n) is 9.15. The minimum atomic E-state index is -0.0488. The van der Waals surface area contributed by atoms with Gasteiger partial charge < -0.3 is 15.0 Å². The Kier molecular flexibility index (Phi) is 6.13. The number of carbonyl (C=O) groups is 1. The number of benzene rings is 1. The molecule has 2 aromatic heterocycles. The number of piperidine rings is 1. The van der Waals surface area contributed by atoms with Crippen LogP contribution in [0.4, 0.5) is 5.69 Å². The smallest absolute Gasteiger partial charge is 0.271 e.